The lowest BCUT2D eigenvalue weighted by Crippen LogP contribution is -2.60. The van der Waals surface area contributed by atoms with E-state index in [-0.39, 0.29) is 61.1 Å². The third-order valence-electron chi connectivity index (χ3n) is 16.5. The second-order valence-corrected chi connectivity index (χ2v) is 24.4. The zero-order chi connectivity index (χ0) is 55.4. The van der Waals surface area contributed by atoms with Gasteiger partial charge in [-0.05, 0) is 85.8 Å². The number of halogens is 1. The van der Waals surface area contributed by atoms with Crippen molar-refractivity contribution in [1.29, 1.82) is 0 Å². The first-order valence-corrected chi connectivity index (χ1v) is 29.6. The normalized spacial score (nSPS) is 18.8. The maximum absolute atomic E-state index is 14.2. The largest absolute Gasteiger partial charge is 0.391 e. The molecule has 0 unspecified atom stereocenters. The molecule has 5 N–H and O–H groups in total. The lowest BCUT2D eigenvalue weighted by Gasteiger charge is -2.39. The number of aromatic amines is 1. The Hall–Kier alpha value is -5.59. The molecular weight excluding hydrogens is 1020 g/mol. The summed E-state index contributed by atoms with van der Waals surface area (Å²) in [7, 11) is 0. The molecule has 18 heteroatoms. The summed E-state index contributed by atoms with van der Waals surface area (Å²) >= 11 is 7.86. The SMILES string of the molecule is Cc1ncsc1-c1ccc(CCC(=O)[C@H]2C[C@H](O)CN2C(=O)[C@@H](CC(=O)CCCCCCCCCC(=O)N2CCN(CC[C@H](NC(=O)C3(N)CCN(c4ncnc5[nH]ccc45)CC3)c3ccc(Cl)cc3)CC2)C(C)(C)C)cc1. The summed E-state index contributed by atoms with van der Waals surface area (Å²) in [6, 6.07) is 16.8. The second kappa shape index (κ2) is 27.0. The predicted molar refractivity (Wildman–Crippen MR) is 308 cm³/mol. The first-order valence-electron chi connectivity index (χ1n) is 28.4. The third-order valence-corrected chi connectivity index (χ3v) is 17.7. The van der Waals surface area contributed by atoms with Crippen molar-refractivity contribution in [2.24, 2.45) is 17.1 Å². The van der Waals surface area contributed by atoms with Crippen molar-refractivity contribution in [3.8, 4) is 10.4 Å². The zero-order valence-corrected chi connectivity index (χ0v) is 47.8. The Labute approximate surface area is 469 Å². The fourth-order valence-electron chi connectivity index (χ4n) is 11.4. The number of carbonyl (C=O) groups is 5. The number of H-pyrrole nitrogens is 1. The summed E-state index contributed by atoms with van der Waals surface area (Å²) in [5.41, 5.74) is 12.1. The van der Waals surface area contributed by atoms with Crippen molar-refractivity contribution in [2.45, 2.75) is 154 Å². The summed E-state index contributed by atoms with van der Waals surface area (Å²) in [5.74, 6) is 0.0724. The van der Waals surface area contributed by atoms with Gasteiger partial charge in [-0.3, -0.25) is 28.9 Å². The molecule has 3 saturated heterocycles. The summed E-state index contributed by atoms with van der Waals surface area (Å²) < 4.78 is 0. The van der Waals surface area contributed by atoms with Gasteiger partial charge in [0.2, 0.25) is 17.7 Å². The van der Waals surface area contributed by atoms with Crippen LogP contribution in [-0.2, 0) is 30.4 Å². The molecule has 78 heavy (non-hydrogen) atoms. The molecule has 16 nitrogen and oxygen atoms in total. The van der Waals surface area contributed by atoms with E-state index < -0.39 is 29.0 Å². The summed E-state index contributed by atoms with van der Waals surface area (Å²) in [6.45, 7) is 12.9. The minimum Gasteiger partial charge on any atom is -0.391 e. The van der Waals surface area contributed by atoms with Gasteiger partial charge in [0, 0.05) is 102 Å². The molecule has 8 rings (SSSR count). The number of benzene rings is 2. The van der Waals surface area contributed by atoms with Crippen LogP contribution in [0.2, 0.25) is 5.02 Å². The number of aliphatic hydroxyl groups is 1. The molecule has 4 atom stereocenters. The number of fused-ring (bicyclic) bond motifs is 1. The molecule has 2 aromatic carbocycles. The molecule has 420 valence electrons. The molecule has 3 aliphatic rings. The predicted octanol–water partition coefficient (Wildman–Crippen LogP) is 9.03. The van der Waals surface area contributed by atoms with E-state index in [2.05, 4.69) is 47.2 Å². The van der Waals surface area contributed by atoms with Gasteiger partial charge in [0.1, 0.15) is 23.6 Å². The Morgan fingerprint density at radius 2 is 1.54 bits per heavy atom. The number of hydrogen-bond acceptors (Lipinski definition) is 13. The molecule has 6 heterocycles. The average molecular weight is 1110 g/mol. The first kappa shape index (κ1) is 58.6. The highest BCUT2D eigenvalue weighted by molar-refractivity contribution is 7.13. The number of rotatable bonds is 25. The number of aromatic nitrogens is 4. The number of piperazine rings is 1. The number of nitrogens with zero attached hydrogens (tertiary/aromatic N) is 7. The number of ketones is 2. The highest BCUT2D eigenvalue weighted by Crippen LogP contribution is 2.35. The van der Waals surface area contributed by atoms with E-state index in [9.17, 15) is 29.1 Å². The minimum atomic E-state index is -1.02. The molecule has 3 aromatic heterocycles. The Morgan fingerprint density at radius 1 is 0.859 bits per heavy atom. The van der Waals surface area contributed by atoms with Crippen LogP contribution in [0.15, 0.2) is 72.6 Å². The molecule has 0 radical (unpaired) electrons. The van der Waals surface area contributed by atoms with E-state index in [0.717, 1.165) is 109 Å². The summed E-state index contributed by atoms with van der Waals surface area (Å²) in [5, 5.41) is 15.6. The monoisotopic (exact) mass is 1100 g/mol. The van der Waals surface area contributed by atoms with E-state index in [4.69, 9.17) is 17.3 Å². The van der Waals surface area contributed by atoms with E-state index in [1.54, 1.807) is 22.6 Å². The standard InChI is InChI=1S/C60H81ClN10O6S/c1-41-54(78-40-66-41)44-17-14-42(15-18-44)16-23-52(74)51-37-47(73)38-71(51)57(76)49(59(2,3)4)36-46(72)12-10-8-6-5-7-9-11-13-53(75)69-34-32-68(33-35-69)29-25-50(43-19-21-45(61)22-20-43)67-58(77)60(62)26-30-70(31-27-60)56-48-24-28-63-55(48)64-39-65-56/h14-15,17-22,24,28,39-40,47,49-51,73H,5-13,16,23,25-27,29-38,62H2,1-4H3,(H,67,77)(H,63,64,65)/t47-,49+,50-,51+/m0/s1. The van der Waals surface area contributed by atoms with Crippen LogP contribution in [0.25, 0.3) is 21.5 Å². The number of piperidine rings is 1. The van der Waals surface area contributed by atoms with Crippen molar-refractivity contribution in [3.05, 3.63) is 94.5 Å². The maximum atomic E-state index is 14.2. The highest BCUT2D eigenvalue weighted by atomic mass is 35.5. The van der Waals surface area contributed by atoms with Crippen LogP contribution in [0, 0.1) is 18.3 Å². The van der Waals surface area contributed by atoms with Gasteiger partial charge >= 0.3 is 0 Å². The number of thiazole rings is 1. The number of likely N-dealkylation sites (tertiary alicyclic amines) is 1. The van der Waals surface area contributed by atoms with Crippen molar-refractivity contribution < 1.29 is 29.1 Å². The maximum Gasteiger partial charge on any atom is 0.240 e. The van der Waals surface area contributed by atoms with Crippen LogP contribution in [0.5, 0.6) is 0 Å². The molecule has 3 amide bonds. The van der Waals surface area contributed by atoms with E-state index in [1.807, 2.05) is 86.8 Å². The summed E-state index contributed by atoms with van der Waals surface area (Å²) in [6.07, 6.45) is 13.0. The number of carbonyl (C=O) groups excluding carboxylic acids is 5. The van der Waals surface area contributed by atoms with Crippen LogP contribution >= 0.6 is 22.9 Å². The van der Waals surface area contributed by atoms with Crippen LogP contribution in [0.4, 0.5) is 5.82 Å². The van der Waals surface area contributed by atoms with Gasteiger partial charge in [-0.2, -0.15) is 0 Å². The van der Waals surface area contributed by atoms with Crippen molar-refractivity contribution >= 4 is 69.1 Å². The first-order chi connectivity index (χ1) is 37.5. The highest BCUT2D eigenvalue weighted by Gasteiger charge is 2.44. The number of β-amino-alcohol motifs (C(OH)–C–C–N with tert-alkyl or cyclic N) is 1. The average Bonchev–Trinajstić information content (AvgIpc) is 4.20. The number of amides is 3. The molecule has 0 aliphatic carbocycles. The fraction of sp³-hybridized carbons (Fsp3) is 0.567. The lowest BCUT2D eigenvalue weighted by molar-refractivity contribution is -0.145. The Balaban J connectivity index is 0.690. The molecule has 0 saturated carbocycles. The smallest absolute Gasteiger partial charge is 0.240 e. The summed E-state index contributed by atoms with van der Waals surface area (Å²) in [4.78, 5) is 93.9. The quantitative estimate of drug-likeness (QED) is 0.0404. The number of hydrogen-bond donors (Lipinski definition) is 4. The topological polar surface area (TPSA) is 211 Å². The molecule has 3 aliphatic heterocycles. The van der Waals surface area contributed by atoms with Crippen LogP contribution < -0.4 is 16.0 Å². The van der Waals surface area contributed by atoms with Crippen LogP contribution in [-0.4, -0.2) is 139 Å². The molecule has 0 spiro atoms. The number of Topliss-reactive ketones (excluding diaryl/α,β-unsaturated/α-hetero) is 2. The fourth-order valence-corrected chi connectivity index (χ4v) is 12.4. The minimum absolute atomic E-state index is 0.0557. The second-order valence-electron chi connectivity index (χ2n) is 23.1. The van der Waals surface area contributed by atoms with Gasteiger partial charge in [-0.25, -0.2) is 15.0 Å². The van der Waals surface area contributed by atoms with Crippen molar-refractivity contribution in [2.75, 3.05) is 57.3 Å². The Kier molecular flexibility index (Phi) is 20.3. The van der Waals surface area contributed by atoms with E-state index in [1.165, 1.54) is 0 Å². The van der Waals surface area contributed by atoms with Crippen molar-refractivity contribution in [3.63, 3.8) is 0 Å². The van der Waals surface area contributed by atoms with E-state index in [0.29, 0.717) is 69.7 Å². The van der Waals surface area contributed by atoms with Gasteiger partial charge in [-0.15, -0.1) is 11.3 Å². The number of aliphatic hydroxyl groups excluding tert-OH is 1. The van der Waals surface area contributed by atoms with Gasteiger partial charge in [-0.1, -0.05) is 101 Å². The number of anilines is 1. The number of aryl methyl sites for hydroxylation is 2. The number of nitrogens with one attached hydrogen (secondary N) is 2. The van der Waals surface area contributed by atoms with E-state index >= 15 is 0 Å². The number of nitrogens with two attached hydrogens (primary N) is 1. The van der Waals surface area contributed by atoms with Gasteiger partial charge in [0.15, 0.2) is 5.78 Å². The van der Waals surface area contributed by atoms with Crippen molar-refractivity contribution in [1.82, 2.24) is 40.0 Å². The van der Waals surface area contributed by atoms with Gasteiger partial charge < -0.3 is 35.8 Å². The molecule has 5 aromatic rings. The third kappa shape index (κ3) is 15.4. The number of unbranched alkanes of at least 4 members (excludes halogenated alkanes) is 6. The van der Waals surface area contributed by atoms with Crippen LogP contribution in [0.1, 0.15) is 140 Å². The zero-order valence-electron chi connectivity index (χ0n) is 46.2. The molecule has 3 fully saturated rings. The van der Waals surface area contributed by atoms with Gasteiger partial charge in [0.25, 0.3) is 0 Å². The molecule has 0 bridgehead atoms. The Morgan fingerprint density at radius 3 is 2.21 bits per heavy atom. The van der Waals surface area contributed by atoms with Gasteiger partial charge in [0.05, 0.1) is 45.2 Å². The van der Waals surface area contributed by atoms with Crippen LogP contribution in [0.3, 0.4) is 0 Å². The molecular formula is C60H81ClN10O6S. The lowest BCUT2D eigenvalue weighted by atomic mass is 9.76. The Bertz CT molecular complexity index is 2800.